The number of hydrogen-bond donors (Lipinski definition) is 2. The van der Waals surface area contributed by atoms with Crippen LogP contribution < -0.4 is 5.32 Å². The van der Waals surface area contributed by atoms with Gasteiger partial charge in [-0.15, -0.1) is 0 Å². The second kappa shape index (κ2) is 3.12. The molecule has 1 rings (SSSR count). The molecule has 4 heteroatoms. The highest BCUT2D eigenvalue weighted by molar-refractivity contribution is 5.40. The Morgan fingerprint density at radius 2 is 2.50 bits per heavy atom. The van der Waals surface area contributed by atoms with Crippen molar-refractivity contribution < 1.29 is 5.11 Å². The fraction of sp³-hybridized carbons (Fsp3) is 0.333. The molecule has 0 aliphatic heterocycles. The predicted octanol–water partition coefficient (Wildman–Crippen LogP) is 0.0106. The van der Waals surface area contributed by atoms with Gasteiger partial charge in [0, 0.05) is 18.8 Å². The van der Waals surface area contributed by atoms with Crippen LogP contribution in [0, 0.1) is 0 Å². The van der Waals surface area contributed by atoms with E-state index in [1.807, 2.05) is 0 Å². The summed E-state index contributed by atoms with van der Waals surface area (Å²) in [6, 6.07) is 0. The Balaban J connectivity index is 2.96. The van der Waals surface area contributed by atoms with Gasteiger partial charge >= 0.3 is 0 Å². The second-order valence-corrected chi connectivity index (χ2v) is 1.80. The number of aliphatic hydroxyl groups excluding tert-OH is 1. The van der Waals surface area contributed by atoms with Crippen LogP contribution in [0.15, 0.2) is 12.5 Å². The predicted molar refractivity (Wildman–Crippen MR) is 37.5 cm³/mol. The van der Waals surface area contributed by atoms with E-state index in [-0.39, 0.29) is 6.61 Å². The van der Waals surface area contributed by atoms with Crippen LogP contribution in [0.5, 0.6) is 0 Å². The third-order valence-corrected chi connectivity index (χ3v) is 1.20. The summed E-state index contributed by atoms with van der Waals surface area (Å²) in [5, 5.41) is 11.6. The highest BCUT2D eigenvalue weighted by Gasteiger charge is 1.97. The largest absolute Gasteiger partial charge is 0.391 e. The van der Waals surface area contributed by atoms with E-state index in [0.29, 0.717) is 11.4 Å². The lowest BCUT2D eigenvalue weighted by Crippen LogP contribution is -1.98. The van der Waals surface area contributed by atoms with Crippen molar-refractivity contribution in [2.75, 3.05) is 12.4 Å². The maximum Gasteiger partial charge on any atom is 0.134 e. The van der Waals surface area contributed by atoms with E-state index < -0.39 is 0 Å². The zero-order chi connectivity index (χ0) is 7.40. The molecule has 0 amide bonds. The quantitative estimate of drug-likeness (QED) is 0.606. The van der Waals surface area contributed by atoms with Crippen LogP contribution in [0.4, 0.5) is 5.82 Å². The number of nitrogens with zero attached hydrogens (tertiary/aromatic N) is 2. The van der Waals surface area contributed by atoms with Crippen molar-refractivity contribution in [2.45, 2.75) is 6.61 Å². The molecule has 0 saturated heterocycles. The van der Waals surface area contributed by atoms with Crippen LogP contribution in [0.2, 0.25) is 0 Å². The first-order chi connectivity index (χ1) is 4.88. The highest BCUT2D eigenvalue weighted by atomic mass is 16.3. The Labute approximate surface area is 58.9 Å². The van der Waals surface area contributed by atoms with Gasteiger partial charge in [-0.05, 0) is 0 Å². The number of aromatic nitrogens is 2. The van der Waals surface area contributed by atoms with Gasteiger partial charge < -0.3 is 10.4 Å². The van der Waals surface area contributed by atoms with Crippen LogP contribution >= 0.6 is 0 Å². The van der Waals surface area contributed by atoms with Gasteiger partial charge in [-0.3, -0.25) is 0 Å². The van der Waals surface area contributed by atoms with Crippen LogP contribution in [0.25, 0.3) is 0 Å². The Bertz CT molecular complexity index is 191. The van der Waals surface area contributed by atoms with E-state index in [1.165, 1.54) is 6.33 Å². The Morgan fingerprint density at radius 3 is 3.00 bits per heavy atom. The molecule has 0 unspecified atom stereocenters. The van der Waals surface area contributed by atoms with Crippen molar-refractivity contribution in [3.8, 4) is 0 Å². The molecule has 0 aliphatic rings. The molecule has 4 nitrogen and oxygen atoms in total. The highest BCUT2D eigenvalue weighted by Crippen LogP contribution is 2.07. The van der Waals surface area contributed by atoms with E-state index in [1.54, 1.807) is 13.2 Å². The monoisotopic (exact) mass is 139 g/mol. The molecule has 0 atom stereocenters. The Kier molecular flexibility index (Phi) is 2.17. The van der Waals surface area contributed by atoms with Crippen LogP contribution in [0.3, 0.4) is 0 Å². The van der Waals surface area contributed by atoms with E-state index in [0.717, 1.165) is 0 Å². The summed E-state index contributed by atoms with van der Waals surface area (Å²) in [5.74, 6) is 0.678. The van der Waals surface area contributed by atoms with Crippen molar-refractivity contribution >= 4 is 5.82 Å². The van der Waals surface area contributed by atoms with Gasteiger partial charge in [0.1, 0.15) is 12.1 Å². The second-order valence-electron chi connectivity index (χ2n) is 1.80. The SMILES string of the molecule is CNc1ncncc1CO. The minimum Gasteiger partial charge on any atom is -0.391 e. The average molecular weight is 139 g/mol. The minimum absolute atomic E-state index is 0.0307. The number of nitrogens with one attached hydrogen (secondary N) is 1. The van der Waals surface area contributed by atoms with Crippen molar-refractivity contribution in [1.82, 2.24) is 9.97 Å². The van der Waals surface area contributed by atoms with Gasteiger partial charge in [0.2, 0.25) is 0 Å². The molecule has 0 saturated carbocycles. The molecule has 1 aromatic rings. The zero-order valence-corrected chi connectivity index (χ0v) is 5.70. The lowest BCUT2D eigenvalue weighted by molar-refractivity contribution is 0.281. The molecule has 0 aliphatic carbocycles. The molecule has 1 aromatic heterocycles. The zero-order valence-electron chi connectivity index (χ0n) is 5.70. The fourth-order valence-corrected chi connectivity index (χ4v) is 0.699. The maximum absolute atomic E-state index is 8.73. The minimum atomic E-state index is -0.0307. The maximum atomic E-state index is 8.73. The molecule has 54 valence electrons. The van der Waals surface area contributed by atoms with Crippen LogP contribution in [0.1, 0.15) is 5.56 Å². The number of aliphatic hydroxyl groups is 1. The lowest BCUT2D eigenvalue weighted by atomic mass is 10.3. The summed E-state index contributed by atoms with van der Waals surface area (Å²) in [6.45, 7) is -0.0307. The summed E-state index contributed by atoms with van der Waals surface area (Å²) in [4.78, 5) is 7.64. The number of anilines is 1. The van der Waals surface area contributed by atoms with E-state index in [4.69, 9.17) is 5.11 Å². The van der Waals surface area contributed by atoms with E-state index in [9.17, 15) is 0 Å². The van der Waals surface area contributed by atoms with Crippen molar-refractivity contribution in [3.63, 3.8) is 0 Å². The van der Waals surface area contributed by atoms with Crippen molar-refractivity contribution in [3.05, 3.63) is 18.1 Å². The molecule has 2 N–H and O–H groups in total. The number of hydrogen-bond acceptors (Lipinski definition) is 4. The molecular weight excluding hydrogens is 130 g/mol. The summed E-state index contributed by atoms with van der Waals surface area (Å²) in [6.07, 6.45) is 3.02. The van der Waals surface area contributed by atoms with Gasteiger partial charge in [0.05, 0.1) is 6.61 Å². The molecule has 10 heavy (non-hydrogen) atoms. The topological polar surface area (TPSA) is 58.0 Å². The van der Waals surface area contributed by atoms with E-state index >= 15 is 0 Å². The molecule has 0 radical (unpaired) electrons. The van der Waals surface area contributed by atoms with Gasteiger partial charge in [-0.2, -0.15) is 0 Å². The summed E-state index contributed by atoms with van der Waals surface area (Å²) in [7, 11) is 1.75. The van der Waals surface area contributed by atoms with Crippen LogP contribution in [-0.2, 0) is 6.61 Å². The third kappa shape index (κ3) is 1.22. The normalized spacial score (nSPS) is 9.40. The molecule has 0 bridgehead atoms. The Hall–Kier alpha value is -1.16. The van der Waals surface area contributed by atoms with Gasteiger partial charge in [-0.25, -0.2) is 9.97 Å². The number of rotatable bonds is 2. The summed E-state index contributed by atoms with van der Waals surface area (Å²) >= 11 is 0. The Morgan fingerprint density at radius 1 is 1.70 bits per heavy atom. The van der Waals surface area contributed by atoms with Gasteiger partial charge in [0.25, 0.3) is 0 Å². The summed E-state index contributed by atoms with van der Waals surface area (Å²) < 4.78 is 0. The standard InChI is InChI=1S/C6H9N3O/c1-7-6-5(3-10)2-8-4-9-6/h2,4,10H,3H2,1H3,(H,7,8,9). The summed E-state index contributed by atoms with van der Waals surface area (Å²) in [5.41, 5.74) is 0.713. The van der Waals surface area contributed by atoms with Gasteiger partial charge in [-0.1, -0.05) is 0 Å². The van der Waals surface area contributed by atoms with Crippen molar-refractivity contribution in [2.24, 2.45) is 0 Å². The fourth-order valence-electron chi connectivity index (χ4n) is 0.699. The van der Waals surface area contributed by atoms with Crippen molar-refractivity contribution in [1.29, 1.82) is 0 Å². The first-order valence-electron chi connectivity index (χ1n) is 2.96. The van der Waals surface area contributed by atoms with Gasteiger partial charge in [0.15, 0.2) is 0 Å². The first kappa shape index (κ1) is 6.95. The smallest absolute Gasteiger partial charge is 0.134 e. The van der Waals surface area contributed by atoms with Crippen LogP contribution in [-0.4, -0.2) is 22.1 Å². The molecule has 0 aromatic carbocycles. The first-order valence-corrected chi connectivity index (χ1v) is 2.96. The molecule has 0 fully saturated rings. The van der Waals surface area contributed by atoms with E-state index in [2.05, 4.69) is 15.3 Å². The molecule has 0 spiro atoms. The lowest BCUT2D eigenvalue weighted by Gasteiger charge is -2.01. The molecular formula is C6H9N3O. The third-order valence-electron chi connectivity index (χ3n) is 1.20. The molecule has 1 heterocycles. The average Bonchev–Trinajstić information content (AvgIpc) is 2.04.